The van der Waals surface area contributed by atoms with E-state index in [1.165, 1.54) is 0 Å². The van der Waals surface area contributed by atoms with Gasteiger partial charge in [0.25, 0.3) is 0 Å². The van der Waals surface area contributed by atoms with E-state index in [-0.39, 0.29) is 6.10 Å². The molecule has 2 nitrogen and oxygen atoms in total. The third-order valence-corrected chi connectivity index (χ3v) is 2.09. The van der Waals surface area contributed by atoms with Crippen LogP contribution in [0.1, 0.15) is 26.2 Å². The molecule has 1 heterocycles. The Morgan fingerprint density at radius 1 is 1.60 bits per heavy atom. The second kappa shape index (κ2) is 3.94. The summed E-state index contributed by atoms with van der Waals surface area (Å²) in [7, 11) is 0. The molecule has 0 aromatic carbocycles. The molecule has 2 N–H and O–H groups in total. The molecule has 0 saturated carbocycles. The number of nitrogens with one attached hydrogen (secondary N) is 1. The summed E-state index contributed by atoms with van der Waals surface area (Å²) < 4.78 is 0. The van der Waals surface area contributed by atoms with E-state index in [2.05, 4.69) is 12.2 Å². The van der Waals surface area contributed by atoms with E-state index in [0.717, 1.165) is 38.3 Å². The summed E-state index contributed by atoms with van der Waals surface area (Å²) in [6.45, 7) is 4.34. The first kappa shape index (κ1) is 8.02. The van der Waals surface area contributed by atoms with Gasteiger partial charge in [0, 0.05) is 0 Å². The van der Waals surface area contributed by atoms with Gasteiger partial charge in [-0.25, -0.2) is 0 Å². The van der Waals surface area contributed by atoms with E-state index in [4.69, 9.17) is 0 Å². The fraction of sp³-hybridized carbons (Fsp3) is 1.00. The molecule has 0 aliphatic carbocycles. The van der Waals surface area contributed by atoms with Gasteiger partial charge in [-0.05, 0) is 31.8 Å². The standard InChI is InChI=1S/C8H17NO/c1-2-3-8(10)4-7-5-9-6-7/h7-10H,2-6H2,1H3. The number of hydrogen-bond acceptors (Lipinski definition) is 2. The normalized spacial score (nSPS) is 22.2. The van der Waals surface area contributed by atoms with E-state index in [1.807, 2.05) is 0 Å². The van der Waals surface area contributed by atoms with E-state index >= 15 is 0 Å². The average molecular weight is 143 g/mol. The maximum atomic E-state index is 9.36. The van der Waals surface area contributed by atoms with Gasteiger partial charge in [-0.15, -0.1) is 0 Å². The molecule has 0 radical (unpaired) electrons. The molecule has 0 aromatic heterocycles. The summed E-state index contributed by atoms with van der Waals surface area (Å²) in [4.78, 5) is 0. The van der Waals surface area contributed by atoms with Crippen molar-refractivity contribution >= 4 is 0 Å². The van der Waals surface area contributed by atoms with Crippen LogP contribution in [0.25, 0.3) is 0 Å². The molecule has 2 heteroatoms. The van der Waals surface area contributed by atoms with E-state index in [9.17, 15) is 5.11 Å². The fourth-order valence-corrected chi connectivity index (χ4v) is 1.35. The monoisotopic (exact) mass is 143 g/mol. The van der Waals surface area contributed by atoms with Gasteiger partial charge in [-0.1, -0.05) is 13.3 Å². The first-order chi connectivity index (χ1) is 4.83. The van der Waals surface area contributed by atoms with Crippen molar-refractivity contribution in [2.24, 2.45) is 5.92 Å². The molecule has 1 fully saturated rings. The van der Waals surface area contributed by atoms with Gasteiger partial charge >= 0.3 is 0 Å². The molecular weight excluding hydrogens is 126 g/mol. The summed E-state index contributed by atoms with van der Waals surface area (Å²) in [5, 5.41) is 12.6. The lowest BCUT2D eigenvalue weighted by Gasteiger charge is -2.28. The Kier molecular flexibility index (Phi) is 3.16. The minimum Gasteiger partial charge on any atom is -0.393 e. The van der Waals surface area contributed by atoms with Crippen molar-refractivity contribution in [1.29, 1.82) is 0 Å². The quantitative estimate of drug-likeness (QED) is 0.609. The number of rotatable bonds is 4. The van der Waals surface area contributed by atoms with Crippen molar-refractivity contribution in [3.63, 3.8) is 0 Å². The lowest BCUT2D eigenvalue weighted by molar-refractivity contribution is 0.117. The third kappa shape index (κ3) is 2.27. The van der Waals surface area contributed by atoms with E-state index < -0.39 is 0 Å². The predicted octanol–water partition coefficient (Wildman–Crippen LogP) is 0.757. The first-order valence-electron chi connectivity index (χ1n) is 4.21. The predicted molar refractivity (Wildman–Crippen MR) is 41.9 cm³/mol. The van der Waals surface area contributed by atoms with Gasteiger partial charge in [-0.2, -0.15) is 0 Å². The van der Waals surface area contributed by atoms with Crippen LogP contribution in [0.5, 0.6) is 0 Å². The van der Waals surface area contributed by atoms with Crippen molar-refractivity contribution in [2.45, 2.75) is 32.3 Å². The van der Waals surface area contributed by atoms with E-state index in [0.29, 0.717) is 0 Å². The van der Waals surface area contributed by atoms with Crippen LogP contribution in [0.4, 0.5) is 0 Å². The zero-order valence-corrected chi connectivity index (χ0v) is 6.64. The molecule has 0 spiro atoms. The summed E-state index contributed by atoms with van der Waals surface area (Å²) in [6, 6.07) is 0. The molecule has 1 atom stereocenters. The van der Waals surface area contributed by atoms with Crippen LogP contribution in [0.2, 0.25) is 0 Å². The Morgan fingerprint density at radius 3 is 2.70 bits per heavy atom. The Bertz CT molecular complexity index is 91.3. The summed E-state index contributed by atoms with van der Waals surface area (Å²) in [5.74, 6) is 0.751. The minimum atomic E-state index is -0.0444. The third-order valence-electron chi connectivity index (χ3n) is 2.09. The zero-order valence-electron chi connectivity index (χ0n) is 6.64. The van der Waals surface area contributed by atoms with Crippen molar-refractivity contribution < 1.29 is 5.11 Å². The Balaban J connectivity index is 1.99. The summed E-state index contributed by atoms with van der Waals surface area (Å²) >= 11 is 0. The highest BCUT2D eigenvalue weighted by Gasteiger charge is 2.19. The zero-order chi connectivity index (χ0) is 7.40. The van der Waals surface area contributed by atoms with Crippen LogP contribution < -0.4 is 5.32 Å². The highest BCUT2D eigenvalue weighted by molar-refractivity contribution is 4.76. The maximum Gasteiger partial charge on any atom is 0.0543 e. The van der Waals surface area contributed by atoms with Crippen LogP contribution >= 0.6 is 0 Å². The van der Waals surface area contributed by atoms with E-state index in [1.54, 1.807) is 0 Å². The van der Waals surface area contributed by atoms with Gasteiger partial charge in [-0.3, -0.25) is 0 Å². The van der Waals surface area contributed by atoms with Crippen LogP contribution in [0, 0.1) is 5.92 Å². The molecule has 0 bridgehead atoms. The number of hydrogen-bond donors (Lipinski definition) is 2. The van der Waals surface area contributed by atoms with Crippen molar-refractivity contribution in [2.75, 3.05) is 13.1 Å². The second-order valence-electron chi connectivity index (χ2n) is 3.20. The van der Waals surface area contributed by atoms with Gasteiger partial charge in [0.1, 0.15) is 0 Å². The highest BCUT2D eigenvalue weighted by atomic mass is 16.3. The molecular formula is C8H17NO. The highest BCUT2D eigenvalue weighted by Crippen LogP contribution is 2.13. The van der Waals surface area contributed by atoms with Crippen molar-refractivity contribution in [3.8, 4) is 0 Å². The second-order valence-corrected chi connectivity index (χ2v) is 3.20. The molecule has 1 rings (SSSR count). The Morgan fingerprint density at radius 2 is 2.30 bits per heavy atom. The van der Waals surface area contributed by atoms with Crippen molar-refractivity contribution in [3.05, 3.63) is 0 Å². The fourth-order valence-electron chi connectivity index (χ4n) is 1.35. The average Bonchev–Trinajstić information content (AvgIpc) is 1.80. The molecule has 1 aliphatic rings. The number of aliphatic hydroxyl groups excluding tert-OH is 1. The lowest BCUT2D eigenvalue weighted by Crippen LogP contribution is -2.43. The molecule has 0 amide bonds. The Labute approximate surface area is 62.6 Å². The molecule has 1 aliphatic heterocycles. The summed E-state index contributed by atoms with van der Waals surface area (Å²) in [5.41, 5.74) is 0. The van der Waals surface area contributed by atoms with Gasteiger partial charge in [0.2, 0.25) is 0 Å². The van der Waals surface area contributed by atoms with Crippen LogP contribution in [0.3, 0.4) is 0 Å². The van der Waals surface area contributed by atoms with Gasteiger partial charge in [0.05, 0.1) is 6.10 Å². The van der Waals surface area contributed by atoms with Crippen LogP contribution in [-0.2, 0) is 0 Å². The van der Waals surface area contributed by atoms with Crippen LogP contribution in [-0.4, -0.2) is 24.3 Å². The number of aliphatic hydroxyl groups is 1. The molecule has 1 unspecified atom stereocenters. The minimum absolute atomic E-state index is 0.0444. The topological polar surface area (TPSA) is 32.3 Å². The SMILES string of the molecule is CCCC(O)CC1CNC1. The molecule has 60 valence electrons. The Hall–Kier alpha value is -0.0800. The maximum absolute atomic E-state index is 9.36. The van der Waals surface area contributed by atoms with Crippen molar-refractivity contribution in [1.82, 2.24) is 5.32 Å². The molecule has 10 heavy (non-hydrogen) atoms. The van der Waals surface area contributed by atoms with Gasteiger partial charge in [0.15, 0.2) is 0 Å². The molecule has 0 aromatic rings. The largest absolute Gasteiger partial charge is 0.393 e. The first-order valence-corrected chi connectivity index (χ1v) is 4.21. The van der Waals surface area contributed by atoms with Crippen LogP contribution in [0.15, 0.2) is 0 Å². The lowest BCUT2D eigenvalue weighted by atomic mass is 9.94. The van der Waals surface area contributed by atoms with Gasteiger partial charge < -0.3 is 10.4 Å². The smallest absolute Gasteiger partial charge is 0.0543 e. The molecule has 1 saturated heterocycles. The summed E-state index contributed by atoms with van der Waals surface area (Å²) in [6.07, 6.45) is 3.02.